The van der Waals surface area contributed by atoms with E-state index in [2.05, 4.69) is 10.3 Å². The molecule has 1 unspecified atom stereocenters. The molecule has 154 valence electrons. The molecule has 1 aliphatic carbocycles. The first-order valence-electron chi connectivity index (χ1n) is 10.4. The molecule has 1 saturated carbocycles. The molecule has 8 nitrogen and oxygen atoms in total. The van der Waals surface area contributed by atoms with E-state index in [-0.39, 0.29) is 17.7 Å². The standard InChI is InChI=1S/C22H24N6O2/c1-23-21(29)15-11-17(13-6-7-13)25-20-18(15)19(26-27(20)2)14-8-10-28(12-14)22(30)16-5-3-4-9-24-16/h3-5,9,11,13-14H,6-8,10,12H2,1-2H3,(H,23,29). The first-order chi connectivity index (χ1) is 14.6. The molecule has 5 rings (SSSR count). The predicted octanol–water partition coefficient (Wildman–Crippen LogP) is 2.23. The summed E-state index contributed by atoms with van der Waals surface area (Å²) in [6, 6.07) is 7.28. The molecule has 30 heavy (non-hydrogen) atoms. The van der Waals surface area contributed by atoms with Crippen molar-refractivity contribution in [2.45, 2.75) is 31.1 Å². The fraction of sp³-hybridized carbons (Fsp3) is 0.409. The van der Waals surface area contributed by atoms with Gasteiger partial charge in [0, 0.05) is 50.9 Å². The van der Waals surface area contributed by atoms with E-state index >= 15 is 0 Å². The second-order valence-electron chi connectivity index (χ2n) is 8.11. The maximum absolute atomic E-state index is 12.8. The minimum absolute atomic E-state index is 0.0540. The molecule has 0 spiro atoms. The summed E-state index contributed by atoms with van der Waals surface area (Å²) < 4.78 is 1.77. The zero-order valence-electron chi connectivity index (χ0n) is 17.1. The Kier molecular flexibility index (Phi) is 4.49. The summed E-state index contributed by atoms with van der Waals surface area (Å²) in [5, 5.41) is 8.32. The minimum atomic E-state index is -0.127. The van der Waals surface area contributed by atoms with Gasteiger partial charge in [-0.1, -0.05) is 6.07 Å². The number of hydrogen-bond acceptors (Lipinski definition) is 5. The van der Waals surface area contributed by atoms with E-state index in [0.717, 1.165) is 41.7 Å². The number of aromatic nitrogens is 4. The molecule has 2 aliphatic rings. The average Bonchev–Trinajstić information content (AvgIpc) is 3.43. The summed E-state index contributed by atoms with van der Waals surface area (Å²) in [5.74, 6) is 0.296. The van der Waals surface area contributed by atoms with Crippen molar-refractivity contribution in [2.24, 2.45) is 7.05 Å². The lowest BCUT2D eigenvalue weighted by atomic mass is 9.98. The van der Waals surface area contributed by atoms with Crippen molar-refractivity contribution >= 4 is 22.8 Å². The van der Waals surface area contributed by atoms with Crippen LogP contribution in [0.2, 0.25) is 0 Å². The number of hydrogen-bond donors (Lipinski definition) is 1. The Morgan fingerprint density at radius 1 is 1.17 bits per heavy atom. The largest absolute Gasteiger partial charge is 0.355 e. The van der Waals surface area contributed by atoms with Gasteiger partial charge in [0.15, 0.2) is 5.65 Å². The van der Waals surface area contributed by atoms with Crippen LogP contribution in [0.15, 0.2) is 30.5 Å². The van der Waals surface area contributed by atoms with Gasteiger partial charge in [0.05, 0.1) is 16.6 Å². The predicted molar refractivity (Wildman–Crippen MR) is 111 cm³/mol. The Morgan fingerprint density at radius 2 is 2.00 bits per heavy atom. The zero-order chi connectivity index (χ0) is 20.8. The second-order valence-corrected chi connectivity index (χ2v) is 8.11. The summed E-state index contributed by atoms with van der Waals surface area (Å²) >= 11 is 0. The number of carbonyl (C=O) groups is 2. The van der Waals surface area contributed by atoms with Crippen molar-refractivity contribution in [1.29, 1.82) is 0 Å². The molecular weight excluding hydrogens is 380 g/mol. The molecule has 2 fully saturated rings. The Hall–Kier alpha value is -3.29. The van der Waals surface area contributed by atoms with Crippen molar-refractivity contribution < 1.29 is 9.59 Å². The average molecular weight is 404 g/mol. The molecule has 1 aliphatic heterocycles. The van der Waals surface area contributed by atoms with Gasteiger partial charge in [-0.05, 0) is 37.5 Å². The number of nitrogens with zero attached hydrogens (tertiary/aromatic N) is 5. The van der Waals surface area contributed by atoms with Gasteiger partial charge in [-0.15, -0.1) is 0 Å². The molecular formula is C22H24N6O2. The van der Waals surface area contributed by atoms with Crippen LogP contribution in [0.3, 0.4) is 0 Å². The van der Waals surface area contributed by atoms with Gasteiger partial charge in [0.25, 0.3) is 11.8 Å². The highest BCUT2D eigenvalue weighted by Gasteiger charge is 2.34. The van der Waals surface area contributed by atoms with E-state index in [1.165, 1.54) is 0 Å². The van der Waals surface area contributed by atoms with E-state index in [1.54, 1.807) is 30.1 Å². The van der Waals surface area contributed by atoms with Gasteiger partial charge < -0.3 is 10.2 Å². The van der Waals surface area contributed by atoms with Gasteiger partial charge in [-0.2, -0.15) is 5.10 Å². The number of aryl methyl sites for hydroxylation is 1. The molecule has 0 aromatic carbocycles. The monoisotopic (exact) mass is 404 g/mol. The van der Waals surface area contributed by atoms with Crippen molar-refractivity contribution in [3.05, 3.63) is 53.1 Å². The highest BCUT2D eigenvalue weighted by Crippen LogP contribution is 2.41. The number of nitrogens with one attached hydrogen (secondary N) is 1. The van der Waals surface area contributed by atoms with Crippen molar-refractivity contribution in [3.8, 4) is 0 Å². The number of carbonyl (C=O) groups excluding carboxylic acids is 2. The van der Waals surface area contributed by atoms with Crippen LogP contribution in [-0.4, -0.2) is 56.6 Å². The smallest absolute Gasteiger partial charge is 0.272 e. The molecule has 3 aromatic heterocycles. The van der Waals surface area contributed by atoms with Gasteiger partial charge in [-0.3, -0.25) is 19.3 Å². The van der Waals surface area contributed by atoms with Crippen LogP contribution in [0.25, 0.3) is 11.0 Å². The molecule has 3 aromatic rings. The van der Waals surface area contributed by atoms with Crippen LogP contribution in [0.1, 0.15) is 63.3 Å². The maximum atomic E-state index is 12.8. The van der Waals surface area contributed by atoms with Crippen molar-refractivity contribution in [2.75, 3.05) is 20.1 Å². The van der Waals surface area contributed by atoms with E-state index in [0.29, 0.717) is 30.3 Å². The van der Waals surface area contributed by atoms with Crippen LogP contribution in [-0.2, 0) is 7.05 Å². The fourth-order valence-electron chi connectivity index (χ4n) is 4.30. The third kappa shape index (κ3) is 3.12. The van der Waals surface area contributed by atoms with E-state index in [1.807, 2.05) is 24.1 Å². The van der Waals surface area contributed by atoms with Crippen molar-refractivity contribution in [3.63, 3.8) is 0 Å². The molecule has 0 radical (unpaired) electrons. The highest BCUT2D eigenvalue weighted by atomic mass is 16.2. The molecule has 0 bridgehead atoms. The lowest BCUT2D eigenvalue weighted by molar-refractivity contribution is 0.0784. The van der Waals surface area contributed by atoms with Crippen LogP contribution < -0.4 is 5.32 Å². The Morgan fingerprint density at radius 3 is 2.70 bits per heavy atom. The van der Waals surface area contributed by atoms with E-state index < -0.39 is 0 Å². The Labute approximate surface area is 174 Å². The Bertz CT molecular complexity index is 1140. The zero-order valence-corrected chi connectivity index (χ0v) is 17.1. The van der Waals surface area contributed by atoms with Gasteiger partial charge in [0.2, 0.25) is 0 Å². The summed E-state index contributed by atoms with van der Waals surface area (Å²) in [6.45, 7) is 1.19. The van der Waals surface area contributed by atoms with E-state index in [9.17, 15) is 9.59 Å². The minimum Gasteiger partial charge on any atom is -0.355 e. The van der Waals surface area contributed by atoms with Crippen molar-refractivity contribution in [1.82, 2.24) is 30.0 Å². The highest BCUT2D eigenvalue weighted by molar-refractivity contribution is 6.06. The summed E-state index contributed by atoms with van der Waals surface area (Å²) in [5.41, 5.74) is 3.63. The van der Waals surface area contributed by atoms with Gasteiger partial charge in [-0.25, -0.2) is 4.98 Å². The number of likely N-dealkylation sites (tertiary alicyclic amines) is 1. The van der Waals surface area contributed by atoms with Crippen LogP contribution >= 0.6 is 0 Å². The SMILES string of the molecule is CNC(=O)c1cc(C2CC2)nc2c1c(C1CCN(C(=O)c3ccccn3)C1)nn2C. The number of pyridine rings is 2. The first-order valence-corrected chi connectivity index (χ1v) is 10.4. The second kappa shape index (κ2) is 7.19. The summed E-state index contributed by atoms with van der Waals surface area (Å²) in [6.07, 6.45) is 4.65. The van der Waals surface area contributed by atoms with E-state index in [4.69, 9.17) is 10.1 Å². The summed E-state index contributed by atoms with van der Waals surface area (Å²) in [7, 11) is 3.51. The fourth-order valence-corrected chi connectivity index (χ4v) is 4.30. The quantitative estimate of drug-likeness (QED) is 0.720. The normalized spacial score (nSPS) is 18.7. The molecule has 4 heterocycles. The third-order valence-electron chi connectivity index (χ3n) is 6.05. The molecule has 1 atom stereocenters. The lowest BCUT2D eigenvalue weighted by Crippen LogP contribution is -2.29. The molecule has 1 N–H and O–H groups in total. The molecule has 8 heteroatoms. The summed E-state index contributed by atoms with van der Waals surface area (Å²) in [4.78, 5) is 36.3. The van der Waals surface area contributed by atoms with Crippen LogP contribution in [0, 0.1) is 0 Å². The van der Waals surface area contributed by atoms with Crippen LogP contribution in [0.4, 0.5) is 0 Å². The molecule has 1 saturated heterocycles. The topological polar surface area (TPSA) is 93.0 Å². The maximum Gasteiger partial charge on any atom is 0.272 e. The van der Waals surface area contributed by atoms with Crippen LogP contribution in [0.5, 0.6) is 0 Å². The van der Waals surface area contributed by atoms with Gasteiger partial charge >= 0.3 is 0 Å². The number of amides is 2. The Balaban J connectivity index is 1.52. The molecule has 2 amide bonds. The number of fused-ring (bicyclic) bond motifs is 1. The first kappa shape index (κ1) is 18.7. The third-order valence-corrected chi connectivity index (χ3v) is 6.05. The number of rotatable bonds is 4. The van der Waals surface area contributed by atoms with Gasteiger partial charge in [0.1, 0.15) is 5.69 Å². The lowest BCUT2D eigenvalue weighted by Gasteiger charge is -2.15.